The summed E-state index contributed by atoms with van der Waals surface area (Å²) >= 11 is 0. The second kappa shape index (κ2) is 8.46. The molecule has 5 N–H and O–H groups in total. The number of hydrazine groups is 1. The van der Waals surface area contributed by atoms with Gasteiger partial charge in [-0.25, -0.2) is 0 Å². The summed E-state index contributed by atoms with van der Waals surface area (Å²) in [5.41, 5.74) is 2.19. The van der Waals surface area contributed by atoms with Gasteiger partial charge in [-0.2, -0.15) is 0 Å². The van der Waals surface area contributed by atoms with Crippen LogP contribution in [0, 0.1) is 0 Å². The highest BCUT2D eigenvalue weighted by molar-refractivity contribution is 6.10. The Hall–Kier alpha value is -2.17. The number of carbonyl (C=O) groups excluding carboxylic acids is 1. The zero-order valence-corrected chi connectivity index (χ0v) is 13.2. The number of benzene rings is 2. The molecule has 0 spiro atoms. The Morgan fingerprint density at radius 3 is 2.22 bits per heavy atom. The Labute approximate surface area is 137 Å². The van der Waals surface area contributed by atoms with E-state index in [1.165, 1.54) is 19.3 Å². The van der Waals surface area contributed by atoms with Crippen LogP contribution in [0.3, 0.4) is 0 Å². The van der Waals surface area contributed by atoms with Crippen LogP contribution >= 0.6 is 0 Å². The second-order valence-electron chi connectivity index (χ2n) is 5.77. The number of ketones is 1. The van der Waals surface area contributed by atoms with Crippen molar-refractivity contribution in [1.82, 2.24) is 0 Å². The molecule has 0 amide bonds. The smallest absolute Gasteiger partial charge is 0.193 e. The molecule has 0 unspecified atom stereocenters. The number of hydrogen-bond donors (Lipinski definition) is 3. The van der Waals surface area contributed by atoms with E-state index in [1.54, 1.807) is 12.1 Å². The van der Waals surface area contributed by atoms with Crippen LogP contribution in [-0.4, -0.2) is 10.9 Å². The maximum Gasteiger partial charge on any atom is 0.193 e. The van der Waals surface area contributed by atoms with Gasteiger partial charge in [0.1, 0.15) is 5.75 Å². The van der Waals surface area contributed by atoms with Gasteiger partial charge in [0.05, 0.1) is 0 Å². The van der Waals surface area contributed by atoms with Crippen molar-refractivity contribution in [3.8, 4) is 5.75 Å². The molecule has 1 aliphatic rings. The number of hydrogen-bond acceptors (Lipinski definition) is 4. The van der Waals surface area contributed by atoms with Crippen LogP contribution in [0.4, 0.5) is 0 Å². The lowest BCUT2D eigenvalue weighted by Crippen LogP contribution is -2.12. The Bertz CT molecular complexity index is 635. The summed E-state index contributed by atoms with van der Waals surface area (Å²) in [5.74, 6) is 8.58. The van der Waals surface area contributed by atoms with Gasteiger partial charge in [0.2, 0.25) is 0 Å². The lowest BCUT2D eigenvalue weighted by molar-refractivity contribution is 0.103. The summed E-state index contributed by atoms with van der Waals surface area (Å²) in [6.45, 7) is 0. The van der Waals surface area contributed by atoms with Crippen LogP contribution in [0.25, 0.3) is 0 Å². The second-order valence-corrected chi connectivity index (χ2v) is 5.77. The van der Waals surface area contributed by atoms with Crippen LogP contribution in [0.2, 0.25) is 0 Å². The molecule has 0 heterocycles. The maximum atomic E-state index is 12.8. The highest BCUT2D eigenvalue weighted by Gasteiger charge is 2.24. The predicted octanol–water partition coefficient (Wildman–Crippen LogP) is 3.49. The van der Waals surface area contributed by atoms with E-state index in [4.69, 9.17) is 0 Å². The van der Waals surface area contributed by atoms with Gasteiger partial charge in [-0.3, -0.25) is 16.5 Å². The molecule has 0 radical (unpaired) electrons. The molecule has 0 bridgehead atoms. The molecule has 1 fully saturated rings. The SMILES string of the molecule is NN.O=C(c1ccccc1)c1cccc(O)c1C1CCCCC1. The maximum absolute atomic E-state index is 12.8. The Morgan fingerprint density at radius 2 is 1.57 bits per heavy atom. The molecule has 2 aromatic rings. The molecule has 3 rings (SSSR count). The minimum absolute atomic E-state index is 0.00655. The van der Waals surface area contributed by atoms with Crippen LogP contribution in [0.5, 0.6) is 5.75 Å². The van der Waals surface area contributed by atoms with Crippen LogP contribution in [0.15, 0.2) is 48.5 Å². The summed E-state index contributed by atoms with van der Waals surface area (Å²) in [6.07, 6.45) is 5.74. The third-order valence-corrected chi connectivity index (χ3v) is 4.38. The van der Waals surface area contributed by atoms with E-state index < -0.39 is 0 Å². The normalized spacial score (nSPS) is 14.7. The highest BCUT2D eigenvalue weighted by atomic mass is 16.3. The number of phenolic OH excluding ortho intramolecular Hbond substituents is 1. The molecule has 23 heavy (non-hydrogen) atoms. The monoisotopic (exact) mass is 312 g/mol. The fourth-order valence-electron chi connectivity index (χ4n) is 3.32. The van der Waals surface area contributed by atoms with Gasteiger partial charge in [0.25, 0.3) is 0 Å². The number of nitrogens with two attached hydrogens (primary N) is 2. The van der Waals surface area contributed by atoms with Crippen molar-refractivity contribution in [2.45, 2.75) is 38.0 Å². The summed E-state index contributed by atoms with van der Waals surface area (Å²) in [5, 5.41) is 10.3. The van der Waals surface area contributed by atoms with Crippen LogP contribution < -0.4 is 11.7 Å². The van der Waals surface area contributed by atoms with Crippen LogP contribution in [0.1, 0.15) is 59.5 Å². The van der Waals surface area contributed by atoms with E-state index >= 15 is 0 Å². The van der Waals surface area contributed by atoms with E-state index in [9.17, 15) is 9.90 Å². The molecular formula is C19H24N2O2. The highest BCUT2D eigenvalue weighted by Crippen LogP contribution is 2.39. The van der Waals surface area contributed by atoms with E-state index in [0.717, 1.165) is 18.4 Å². The summed E-state index contributed by atoms with van der Waals surface area (Å²) < 4.78 is 0. The Kier molecular flexibility index (Phi) is 6.32. The first-order valence-corrected chi connectivity index (χ1v) is 8.02. The van der Waals surface area contributed by atoms with Gasteiger partial charge in [-0.15, -0.1) is 0 Å². The number of aromatic hydroxyl groups is 1. The molecule has 0 aromatic heterocycles. The third kappa shape index (κ3) is 3.97. The van der Waals surface area contributed by atoms with Gasteiger partial charge in [0.15, 0.2) is 5.78 Å². The topological polar surface area (TPSA) is 89.3 Å². The van der Waals surface area contributed by atoms with E-state index in [2.05, 4.69) is 11.7 Å². The average Bonchev–Trinajstić information content (AvgIpc) is 2.64. The molecule has 4 nitrogen and oxygen atoms in total. The largest absolute Gasteiger partial charge is 0.508 e. The minimum Gasteiger partial charge on any atom is -0.508 e. The van der Waals surface area contributed by atoms with Crippen LogP contribution in [-0.2, 0) is 0 Å². The minimum atomic E-state index is 0.00655. The van der Waals surface area contributed by atoms with Gasteiger partial charge in [-0.1, -0.05) is 61.7 Å². The van der Waals surface area contributed by atoms with Crippen molar-refractivity contribution in [2.24, 2.45) is 11.7 Å². The molecule has 1 aliphatic carbocycles. The van der Waals surface area contributed by atoms with Gasteiger partial charge < -0.3 is 5.11 Å². The quantitative estimate of drug-likeness (QED) is 0.460. The number of rotatable bonds is 3. The fourth-order valence-corrected chi connectivity index (χ4v) is 3.32. The number of phenols is 1. The molecule has 122 valence electrons. The van der Waals surface area contributed by atoms with E-state index in [1.807, 2.05) is 36.4 Å². The Morgan fingerprint density at radius 1 is 0.913 bits per heavy atom. The standard InChI is InChI=1S/C19H20O2.H4N2/c20-17-13-7-12-16(18(17)14-8-3-1-4-9-14)19(21)15-10-5-2-6-11-15;1-2/h2,5-7,10-14,20H,1,3-4,8-9H2;1-2H2. The molecule has 2 aromatic carbocycles. The zero-order valence-electron chi connectivity index (χ0n) is 13.2. The zero-order chi connectivity index (χ0) is 16.7. The van der Waals surface area contributed by atoms with Gasteiger partial charge >= 0.3 is 0 Å². The average molecular weight is 312 g/mol. The summed E-state index contributed by atoms with van der Waals surface area (Å²) in [7, 11) is 0. The first-order valence-electron chi connectivity index (χ1n) is 8.02. The van der Waals surface area contributed by atoms with E-state index in [-0.39, 0.29) is 11.5 Å². The first kappa shape index (κ1) is 17.2. The van der Waals surface area contributed by atoms with Crippen molar-refractivity contribution in [1.29, 1.82) is 0 Å². The van der Waals surface area contributed by atoms with E-state index in [0.29, 0.717) is 17.0 Å². The van der Waals surface area contributed by atoms with Crippen molar-refractivity contribution < 1.29 is 9.90 Å². The van der Waals surface area contributed by atoms with Gasteiger partial charge in [0, 0.05) is 16.7 Å². The predicted molar refractivity (Wildman–Crippen MR) is 92.2 cm³/mol. The van der Waals surface area contributed by atoms with Crippen molar-refractivity contribution >= 4 is 5.78 Å². The molecule has 0 atom stereocenters. The van der Waals surface area contributed by atoms with Crippen molar-refractivity contribution in [2.75, 3.05) is 0 Å². The third-order valence-electron chi connectivity index (χ3n) is 4.38. The molecule has 4 heteroatoms. The summed E-state index contributed by atoms with van der Waals surface area (Å²) in [6, 6.07) is 14.6. The summed E-state index contributed by atoms with van der Waals surface area (Å²) in [4.78, 5) is 12.8. The lowest BCUT2D eigenvalue weighted by Gasteiger charge is -2.24. The lowest BCUT2D eigenvalue weighted by atomic mass is 9.80. The molecule has 0 aliphatic heterocycles. The first-order chi connectivity index (χ1) is 11.3. The molecule has 1 saturated carbocycles. The Balaban J connectivity index is 0.000000924. The number of carbonyl (C=O) groups is 1. The van der Waals surface area contributed by atoms with Gasteiger partial charge in [-0.05, 0) is 24.8 Å². The molecule has 0 saturated heterocycles. The fraction of sp³-hybridized carbons (Fsp3) is 0.316. The molecular weight excluding hydrogens is 288 g/mol. The van der Waals surface area contributed by atoms with Crippen molar-refractivity contribution in [3.63, 3.8) is 0 Å². The van der Waals surface area contributed by atoms with Crippen molar-refractivity contribution in [3.05, 3.63) is 65.2 Å².